The van der Waals surface area contributed by atoms with E-state index in [1.54, 1.807) is 34.3 Å². The Bertz CT molecular complexity index is 2670. The fraction of sp³-hybridized carbons (Fsp3) is 0.434. The highest BCUT2D eigenvalue weighted by atomic mass is 35.5. The van der Waals surface area contributed by atoms with Crippen LogP contribution in [0.3, 0.4) is 0 Å². The van der Waals surface area contributed by atoms with Gasteiger partial charge >= 0.3 is 24.4 Å². The van der Waals surface area contributed by atoms with Crippen LogP contribution in [-0.4, -0.2) is 81.9 Å². The summed E-state index contributed by atoms with van der Waals surface area (Å²) in [6.45, 7) is 5.10. The Morgan fingerprint density at radius 2 is 0.932 bits per heavy atom. The van der Waals surface area contributed by atoms with Gasteiger partial charge in [0.05, 0.1) is 44.4 Å². The maximum atomic E-state index is 12.7. The molecule has 2 aromatic heterocycles. The molecule has 8 rings (SSSR count). The number of hydrogen-bond donors (Lipinski definition) is 4. The lowest BCUT2D eigenvalue weighted by Crippen LogP contribution is -2.38. The van der Waals surface area contributed by atoms with Crippen LogP contribution in [0.2, 0.25) is 10.0 Å². The quantitative estimate of drug-likeness (QED) is 0.116. The van der Waals surface area contributed by atoms with Gasteiger partial charge in [0.25, 0.3) is 0 Å². The molecule has 20 heteroatoms. The van der Waals surface area contributed by atoms with E-state index in [2.05, 4.69) is 31.2 Å². The SMILES string of the molecule is CC(C(=O)NC1CCCC1)c1cnc(C2=CCN(C(=O)Nc3ccc(C(F)(F)F)cc3)CC2)c(Cl)c1.CC(C(=O)NC1CCCCC1)c1cnc(C2=CCN(C(=O)Nc3ccc(C(F)(F)F)cc3)CC2)c(Cl)c1. The van der Waals surface area contributed by atoms with Gasteiger partial charge in [-0.1, -0.05) is 67.5 Å². The molecule has 0 radical (unpaired) electrons. The van der Waals surface area contributed by atoms with Crippen molar-refractivity contribution in [2.24, 2.45) is 0 Å². The molecule has 2 aliphatic heterocycles. The van der Waals surface area contributed by atoms with Gasteiger partial charge in [-0.25, -0.2) is 9.59 Å². The van der Waals surface area contributed by atoms with Gasteiger partial charge in [-0.3, -0.25) is 19.6 Å². The molecule has 2 saturated carbocycles. The Labute approximate surface area is 430 Å². The number of alkyl halides is 6. The summed E-state index contributed by atoms with van der Waals surface area (Å²) in [5.41, 5.74) is 3.55. The highest BCUT2D eigenvalue weighted by molar-refractivity contribution is 6.32. The molecule has 4 aliphatic rings. The molecule has 73 heavy (non-hydrogen) atoms. The van der Waals surface area contributed by atoms with Gasteiger partial charge in [0.2, 0.25) is 11.8 Å². The van der Waals surface area contributed by atoms with Crippen molar-refractivity contribution in [3.8, 4) is 0 Å². The first-order chi connectivity index (χ1) is 34.7. The number of urea groups is 2. The number of aromatic nitrogens is 2. The molecular formula is C53H58Cl2F6N8O4. The average Bonchev–Trinajstić information content (AvgIpc) is 3.89. The first kappa shape index (κ1) is 54.6. The molecule has 390 valence electrons. The summed E-state index contributed by atoms with van der Waals surface area (Å²) >= 11 is 13.1. The topological polar surface area (TPSA) is 149 Å². The second kappa shape index (κ2) is 24.3. The second-order valence-electron chi connectivity index (χ2n) is 18.8. The maximum absolute atomic E-state index is 12.7. The first-order valence-electron chi connectivity index (χ1n) is 24.5. The number of nitrogens with zero attached hydrogens (tertiary/aromatic N) is 4. The van der Waals surface area contributed by atoms with E-state index in [1.807, 2.05) is 26.0 Å². The zero-order chi connectivity index (χ0) is 52.5. The number of rotatable bonds is 10. The standard InChI is InChI=1S/C27H30ClF3N4O2.C26H28ClF3N4O2/c1-17(25(36)33-21-5-3-2-4-6-21)19-15-23(28)24(32-16-19)18-11-13-35(14-12-18)26(37)34-22-9-7-20(8-10-22)27(29,30)31;1-16(24(35)32-20-4-2-3-5-20)18-14-22(27)23(31-15-18)17-10-12-34(13-11-17)25(36)33-21-8-6-19(7-9-21)26(28,29)30/h7-11,15-17,21H,2-6,12-14H2,1H3,(H,33,36)(H,34,37);6-10,14-16,20H,2-5,11-13H2,1H3,(H,32,35)(H,33,36). The molecule has 0 spiro atoms. The van der Waals surface area contributed by atoms with E-state index in [1.165, 1.54) is 30.7 Å². The predicted molar refractivity (Wildman–Crippen MR) is 270 cm³/mol. The lowest BCUT2D eigenvalue weighted by molar-refractivity contribution is -0.138. The normalized spacial score (nSPS) is 17.6. The largest absolute Gasteiger partial charge is 0.416 e. The van der Waals surface area contributed by atoms with Crippen LogP contribution in [0.5, 0.6) is 0 Å². The molecule has 4 aromatic rings. The Hall–Kier alpha value is -6.14. The molecule has 2 unspecified atom stereocenters. The van der Waals surface area contributed by atoms with E-state index in [0.717, 1.165) is 97.9 Å². The van der Waals surface area contributed by atoms with Crippen LogP contribution in [0.25, 0.3) is 11.1 Å². The first-order valence-corrected chi connectivity index (χ1v) is 25.3. The van der Waals surface area contributed by atoms with Crippen LogP contribution in [0.1, 0.15) is 130 Å². The fourth-order valence-corrected chi connectivity index (χ4v) is 9.74. The smallest absolute Gasteiger partial charge is 0.353 e. The van der Waals surface area contributed by atoms with Gasteiger partial charge in [0, 0.05) is 62.0 Å². The van der Waals surface area contributed by atoms with E-state index < -0.39 is 35.5 Å². The zero-order valence-electron chi connectivity index (χ0n) is 40.4. The lowest BCUT2D eigenvalue weighted by atomic mass is 9.94. The van der Waals surface area contributed by atoms with Crippen LogP contribution >= 0.6 is 23.2 Å². The predicted octanol–water partition coefficient (Wildman–Crippen LogP) is 12.9. The molecule has 0 saturated heterocycles. The minimum atomic E-state index is -4.43. The van der Waals surface area contributed by atoms with Crippen molar-refractivity contribution in [2.75, 3.05) is 36.8 Å². The summed E-state index contributed by atoms with van der Waals surface area (Å²) in [4.78, 5) is 62.6. The summed E-state index contributed by atoms with van der Waals surface area (Å²) < 4.78 is 76.3. The second-order valence-corrected chi connectivity index (χ2v) is 19.7. The summed E-state index contributed by atoms with van der Waals surface area (Å²) in [5, 5.41) is 12.4. The molecule has 2 aromatic carbocycles. The number of nitrogens with one attached hydrogen (secondary N) is 4. The van der Waals surface area contributed by atoms with Crippen LogP contribution < -0.4 is 21.3 Å². The average molecular weight is 1060 g/mol. The molecule has 0 bridgehead atoms. The van der Waals surface area contributed by atoms with Crippen LogP contribution in [0.15, 0.2) is 85.2 Å². The summed E-state index contributed by atoms with van der Waals surface area (Å²) in [6, 6.07) is 11.9. The Morgan fingerprint density at radius 3 is 1.25 bits per heavy atom. The zero-order valence-corrected chi connectivity index (χ0v) is 42.0. The van der Waals surface area contributed by atoms with Crippen LogP contribution in [0, 0.1) is 0 Å². The third-order valence-electron chi connectivity index (χ3n) is 13.7. The molecule has 2 fully saturated rings. The monoisotopic (exact) mass is 1050 g/mol. The Balaban J connectivity index is 0.000000214. The van der Waals surface area contributed by atoms with Crippen molar-refractivity contribution in [3.63, 3.8) is 0 Å². The van der Waals surface area contributed by atoms with Crippen molar-refractivity contribution < 1.29 is 45.5 Å². The van der Waals surface area contributed by atoms with E-state index in [4.69, 9.17) is 23.2 Å². The minimum Gasteiger partial charge on any atom is -0.353 e. The van der Waals surface area contributed by atoms with Crippen molar-refractivity contribution in [2.45, 2.75) is 121 Å². The van der Waals surface area contributed by atoms with E-state index in [0.29, 0.717) is 60.5 Å². The molecule has 12 nitrogen and oxygen atoms in total. The van der Waals surface area contributed by atoms with Crippen molar-refractivity contribution in [3.05, 3.63) is 129 Å². The van der Waals surface area contributed by atoms with Gasteiger partial charge in [-0.05, 0) is 135 Å². The maximum Gasteiger partial charge on any atom is 0.416 e. The highest BCUT2D eigenvalue weighted by Gasteiger charge is 2.32. The Morgan fingerprint density at radius 1 is 0.575 bits per heavy atom. The molecule has 4 heterocycles. The van der Waals surface area contributed by atoms with Gasteiger partial charge in [0.1, 0.15) is 0 Å². The molecule has 4 N–H and O–H groups in total. The number of benzene rings is 2. The number of anilines is 2. The molecule has 2 atom stereocenters. The van der Waals surface area contributed by atoms with Crippen molar-refractivity contribution in [1.82, 2.24) is 30.4 Å². The van der Waals surface area contributed by atoms with Gasteiger partial charge in [0.15, 0.2) is 0 Å². The van der Waals surface area contributed by atoms with Crippen LogP contribution in [-0.2, 0) is 21.9 Å². The van der Waals surface area contributed by atoms with Crippen molar-refractivity contribution >= 4 is 69.6 Å². The van der Waals surface area contributed by atoms with Gasteiger partial charge < -0.3 is 31.1 Å². The summed E-state index contributed by atoms with van der Waals surface area (Å²) in [7, 11) is 0. The molecular weight excluding hydrogens is 998 g/mol. The lowest BCUT2D eigenvalue weighted by Gasteiger charge is -2.27. The number of hydrogen-bond acceptors (Lipinski definition) is 6. The van der Waals surface area contributed by atoms with E-state index in [9.17, 15) is 45.5 Å². The van der Waals surface area contributed by atoms with Gasteiger partial charge in [-0.15, -0.1) is 0 Å². The number of halogens is 8. The molecule has 6 amide bonds. The Kier molecular flexibility index (Phi) is 18.2. The third kappa shape index (κ3) is 14.8. The third-order valence-corrected chi connectivity index (χ3v) is 14.3. The fourth-order valence-electron chi connectivity index (χ4n) is 9.15. The van der Waals surface area contributed by atoms with Crippen LogP contribution in [0.4, 0.5) is 47.3 Å². The number of pyridine rings is 2. The highest BCUT2D eigenvalue weighted by Crippen LogP contribution is 2.34. The number of amides is 6. The van der Waals surface area contributed by atoms with Gasteiger partial charge in [-0.2, -0.15) is 26.3 Å². The summed E-state index contributed by atoms with van der Waals surface area (Å²) in [6.07, 6.45) is 9.12. The number of carbonyl (C=O) groups excluding carboxylic acids is 4. The summed E-state index contributed by atoms with van der Waals surface area (Å²) in [5.74, 6) is -0.789. The van der Waals surface area contributed by atoms with E-state index >= 15 is 0 Å². The minimum absolute atomic E-state index is 0.0240. The van der Waals surface area contributed by atoms with Crippen molar-refractivity contribution in [1.29, 1.82) is 0 Å². The molecule has 2 aliphatic carbocycles. The van der Waals surface area contributed by atoms with E-state index in [-0.39, 0.29) is 47.1 Å². The number of carbonyl (C=O) groups is 4.